The molecule has 0 fully saturated rings. The van der Waals surface area contributed by atoms with Crippen LogP contribution in [0.3, 0.4) is 0 Å². The number of aromatic nitrogens is 5. The predicted octanol–water partition coefficient (Wildman–Crippen LogP) is 4.52. The van der Waals surface area contributed by atoms with Gasteiger partial charge in [0, 0.05) is 35.1 Å². The van der Waals surface area contributed by atoms with Crippen molar-refractivity contribution in [3.63, 3.8) is 0 Å². The third-order valence-corrected chi connectivity index (χ3v) is 6.35. The van der Waals surface area contributed by atoms with Crippen LogP contribution in [0, 0.1) is 6.92 Å². The van der Waals surface area contributed by atoms with Crippen LogP contribution < -0.4 is 5.32 Å². The number of rotatable bonds is 7. The van der Waals surface area contributed by atoms with Gasteiger partial charge in [0.15, 0.2) is 11.0 Å². The number of nitrogens with zero attached hydrogens (tertiary/aromatic N) is 5. The van der Waals surface area contributed by atoms with Crippen LogP contribution in [0.5, 0.6) is 0 Å². The highest BCUT2D eigenvalue weighted by Gasteiger charge is 2.18. The van der Waals surface area contributed by atoms with Crippen LogP contribution in [0.4, 0.5) is 0 Å². The van der Waals surface area contributed by atoms with Crippen molar-refractivity contribution >= 4 is 29.0 Å². The molecule has 4 aromatic rings. The Morgan fingerprint density at radius 3 is 2.71 bits per heavy atom. The van der Waals surface area contributed by atoms with Crippen molar-refractivity contribution in [2.24, 2.45) is 0 Å². The average molecular weight is 451 g/mol. The van der Waals surface area contributed by atoms with Gasteiger partial charge in [-0.3, -0.25) is 14.3 Å². The number of aryl methyl sites for hydroxylation is 1. The molecule has 1 N–H and O–H groups in total. The molecule has 0 saturated heterocycles. The van der Waals surface area contributed by atoms with E-state index in [0.717, 1.165) is 27.2 Å². The van der Waals surface area contributed by atoms with Gasteiger partial charge in [0.05, 0.1) is 5.75 Å². The molecule has 0 radical (unpaired) electrons. The molecule has 1 amide bonds. The number of hydrogen-bond donors (Lipinski definition) is 1. The van der Waals surface area contributed by atoms with Crippen LogP contribution in [0.1, 0.15) is 34.9 Å². The number of thioether (sulfide) groups is 1. The molecule has 0 aliphatic carbocycles. The van der Waals surface area contributed by atoms with E-state index in [1.807, 2.05) is 30.5 Å². The van der Waals surface area contributed by atoms with Gasteiger partial charge in [-0.2, -0.15) is 0 Å². The van der Waals surface area contributed by atoms with Crippen LogP contribution in [-0.2, 0) is 5.75 Å². The normalized spacial score (nSPS) is 11.1. The van der Waals surface area contributed by atoms with Gasteiger partial charge in [-0.25, -0.2) is 4.98 Å². The van der Waals surface area contributed by atoms with Crippen molar-refractivity contribution in [2.45, 2.75) is 37.7 Å². The van der Waals surface area contributed by atoms with Gasteiger partial charge in [0.25, 0.3) is 5.91 Å². The van der Waals surface area contributed by atoms with Crippen molar-refractivity contribution < 1.29 is 4.79 Å². The van der Waals surface area contributed by atoms with Gasteiger partial charge in [0.1, 0.15) is 10.7 Å². The molecule has 0 aliphatic rings. The zero-order chi connectivity index (χ0) is 21.8. The molecule has 4 rings (SSSR count). The largest absolute Gasteiger partial charge is 0.349 e. The first-order valence-electron chi connectivity index (χ1n) is 9.82. The summed E-state index contributed by atoms with van der Waals surface area (Å²) in [5.74, 6) is 1.18. The molecule has 3 aromatic heterocycles. The van der Waals surface area contributed by atoms with Crippen molar-refractivity contribution in [3.05, 3.63) is 70.4 Å². The van der Waals surface area contributed by atoms with Gasteiger partial charge in [-0.05, 0) is 45.0 Å². The maximum Gasteiger partial charge on any atom is 0.270 e. The minimum absolute atomic E-state index is 0.0750. The third kappa shape index (κ3) is 5.00. The fraction of sp³-hybridized carbons (Fsp3) is 0.227. The SMILES string of the molecule is Cc1ccc(-n2c(SCc3nc(C(=O)NC(C)C)cs3)nnc2-c2cccnc2)cc1. The number of thiazole rings is 1. The number of amides is 1. The lowest BCUT2D eigenvalue weighted by Gasteiger charge is -2.10. The topological polar surface area (TPSA) is 85.6 Å². The molecule has 0 bridgehead atoms. The van der Waals surface area contributed by atoms with Gasteiger partial charge >= 0.3 is 0 Å². The van der Waals surface area contributed by atoms with Gasteiger partial charge in [0.2, 0.25) is 0 Å². The van der Waals surface area contributed by atoms with Gasteiger partial charge < -0.3 is 5.32 Å². The number of benzene rings is 1. The highest BCUT2D eigenvalue weighted by molar-refractivity contribution is 7.98. The Bertz CT molecular complexity index is 1170. The molecule has 7 nitrogen and oxygen atoms in total. The monoisotopic (exact) mass is 450 g/mol. The molecule has 0 aliphatic heterocycles. The summed E-state index contributed by atoms with van der Waals surface area (Å²) in [6.07, 6.45) is 3.52. The Balaban J connectivity index is 1.60. The van der Waals surface area contributed by atoms with E-state index in [0.29, 0.717) is 11.4 Å². The molecule has 3 heterocycles. The summed E-state index contributed by atoms with van der Waals surface area (Å²) in [5, 5.41) is 15.1. The van der Waals surface area contributed by atoms with E-state index < -0.39 is 0 Å². The van der Waals surface area contributed by atoms with E-state index in [-0.39, 0.29) is 11.9 Å². The molecular formula is C22H22N6OS2. The Hall–Kier alpha value is -3.04. The standard InChI is InChI=1S/C22H22N6OS2/c1-14(2)24-21(29)18-12-30-19(25-18)13-31-22-27-26-20(16-5-4-10-23-11-16)28(22)17-8-6-15(3)7-9-17/h4-12,14H,13H2,1-3H3,(H,24,29). The van der Waals surface area contributed by atoms with Crippen LogP contribution in [-0.4, -0.2) is 36.7 Å². The predicted molar refractivity (Wildman–Crippen MR) is 124 cm³/mol. The summed E-state index contributed by atoms with van der Waals surface area (Å²) < 4.78 is 2.03. The smallest absolute Gasteiger partial charge is 0.270 e. The quantitative estimate of drug-likeness (QED) is 0.417. The summed E-state index contributed by atoms with van der Waals surface area (Å²) in [5.41, 5.74) is 3.51. The van der Waals surface area contributed by atoms with E-state index in [2.05, 4.69) is 56.7 Å². The van der Waals surface area contributed by atoms with Crippen LogP contribution in [0.2, 0.25) is 0 Å². The first-order chi connectivity index (χ1) is 15.0. The lowest BCUT2D eigenvalue weighted by Crippen LogP contribution is -2.30. The second-order valence-corrected chi connectivity index (χ2v) is 9.15. The van der Waals surface area contributed by atoms with Crippen LogP contribution in [0.25, 0.3) is 17.1 Å². The second-order valence-electron chi connectivity index (χ2n) is 7.26. The zero-order valence-corrected chi connectivity index (χ0v) is 19.1. The average Bonchev–Trinajstić information content (AvgIpc) is 3.40. The Labute approximate surface area is 189 Å². The fourth-order valence-corrected chi connectivity index (χ4v) is 4.66. The Kier molecular flexibility index (Phi) is 6.43. The summed E-state index contributed by atoms with van der Waals surface area (Å²) >= 11 is 3.01. The summed E-state index contributed by atoms with van der Waals surface area (Å²) in [4.78, 5) is 20.9. The van der Waals surface area contributed by atoms with E-state index >= 15 is 0 Å². The number of carbonyl (C=O) groups is 1. The first kappa shape index (κ1) is 21.2. The van der Waals surface area contributed by atoms with Crippen molar-refractivity contribution in [1.82, 2.24) is 30.0 Å². The minimum atomic E-state index is -0.149. The van der Waals surface area contributed by atoms with Gasteiger partial charge in [-0.1, -0.05) is 29.5 Å². The van der Waals surface area contributed by atoms with E-state index in [1.165, 1.54) is 28.7 Å². The second kappa shape index (κ2) is 9.40. The zero-order valence-electron chi connectivity index (χ0n) is 17.4. The molecule has 0 saturated carbocycles. The van der Waals surface area contributed by atoms with Crippen molar-refractivity contribution in [3.8, 4) is 17.1 Å². The molecular weight excluding hydrogens is 428 g/mol. The van der Waals surface area contributed by atoms with Gasteiger partial charge in [-0.15, -0.1) is 21.5 Å². The Morgan fingerprint density at radius 2 is 2.00 bits per heavy atom. The first-order valence-corrected chi connectivity index (χ1v) is 11.7. The van der Waals surface area contributed by atoms with Crippen molar-refractivity contribution in [1.29, 1.82) is 0 Å². The number of pyridine rings is 1. The summed E-state index contributed by atoms with van der Waals surface area (Å²) in [6.45, 7) is 5.92. The lowest BCUT2D eigenvalue weighted by atomic mass is 10.2. The number of carbonyl (C=O) groups excluding carboxylic acids is 1. The van der Waals surface area contributed by atoms with Crippen LogP contribution in [0.15, 0.2) is 59.3 Å². The summed E-state index contributed by atoms with van der Waals surface area (Å²) in [6, 6.07) is 12.2. The molecule has 1 aromatic carbocycles. The summed E-state index contributed by atoms with van der Waals surface area (Å²) in [7, 11) is 0. The molecule has 9 heteroatoms. The maximum absolute atomic E-state index is 12.2. The highest BCUT2D eigenvalue weighted by Crippen LogP contribution is 2.30. The molecule has 0 atom stereocenters. The minimum Gasteiger partial charge on any atom is -0.349 e. The highest BCUT2D eigenvalue weighted by atomic mass is 32.2. The Morgan fingerprint density at radius 1 is 1.19 bits per heavy atom. The number of nitrogens with one attached hydrogen (secondary N) is 1. The van der Waals surface area contributed by atoms with E-state index in [4.69, 9.17) is 0 Å². The lowest BCUT2D eigenvalue weighted by molar-refractivity contribution is 0.0938. The fourth-order valence-electron chi connectivity index (χ4n) is 2.92. The third-order valence-electron chi connectivity index (χ3n) is 4.37. The molecule has 0 unspecified atom stereocenters. The van der Waals surface area contributed by atoms with E-state index in [1.54, 1.807) is 17.8 Å². The van der Waals surface area contributed by atoms with E-state index in [9.17, 15) is 4.79 Å². The van der Waals surface area contributed by atoms with Crippen LogP contribution >= 0.6 is 23.1 Å². The number of hydrogen-bond acceptors (Lipinski definition) is 7. The molecule has 0 spiro atoms. The maximum atomic E-state index is 12.2. The molecule has 31 heavy (non-hydrogen) atoms. The van der Waals surface area contributed by atoms with Crippen molar-refractivity contribution in [2.75, 3.05) is 0 Å². The molecule has 158 valence electrons.